The van der Waals surface area contributed by atoms with E-state index in [0.29, 0.717) is 31.9 Å². The summed E-state index contributed by atoms with van der Waals surface area (Å²) in [6.45, 7) is 1.48. The van der Waals surface area contributed by atoms with Crippen molar-refractivity contribution >= 4 is 32.7 Å². The summed E-state index contributed by atoms with van der Waals surface area (Å²) in [4.78, 5) is 12.7. The van der Waals surface area contributed by atoms with Crippen LogP contribution in [0.1, 0.15) is 15.9 Å². The zero-order chi connectivity index (χ0) is 20.3. The third-order valence-electron chi connectivity index (χ3n) is 4.98. The summed E-state index contributed by atoms with van der Waals surface area (Å²) >= 11 is 0. The molecule has 1 saturated heterocycles. The Bertz CT molecular complexity index is 1160. The lowest BCUT2D eigenvalue weighted by Gasteiger charge is -2.26. The van der Waals surface area contributed by atoms with Gasteiger partial charge in [0.2, 0.25) is 10.0 Å². The molecule has 1 fully saturated rings. The summed E-state index contributed by atoms with van der Waals surface area (Å²) in [5.74, 6) is -0.173. The minimum atomic E-state index is -3.56. The number of morpholine rings is 1. The van der Waals surface area contributed by atoms with E-state index < -0.39 is 10.0 Å². The summed E-state index contributed by atoms with van der Waals surface area (Å²) in [5, 5.41) is 2.19. The van der Waals surface area contributed by atoms with E-state index in [4.69, 9.17) is 4.74 Å². The number of hydrogen-bond acceptors (Lipinski definition) is 4. The largest absolute Gasteiger partial charge is 0.379 e. The summed E-state index contributed by atoms with van der Waals surface area (Å²) < 4.78 is 32.0. The number of carbonyl (C=O) groups is 1. The second kappa shape index (κ2) is 8.29. The number of fused-ring (bicyclic) bond motifs is 1. The number of rotatable bonds is 5. The van der Waals surface area contributed by atoms with Gasteiger partial charge < -0.3 is 4.74 Å². The molecule has 0 bridgehead atoms. The van der Waals surface area contributed by atoms with Gasteiger partial charge in [-0.2, -0.15) is 4.31 Å². The summed E-state index contributed by atoms with van der Waals surface area (Å²) in [6, 6.07) is 20.0. The molecule has 0 aromatic heterocycles. The average molecular weight is 407 g/mol. The zero-order valence-electron chi connectivity index (χ0n) is 15.8. The molecule has 1 heterocycles. The molecule has 3 aromatic carbocycles. The average Bonchev–Trinajstić information content (AvgIpc) is 2.78. The Hall–Kier alpha value is -2.80. The molecular weight excluding hydrogens is 386 g/mol. The van der Waals surface area contributed by atoms with Gasteiger partial charge in [0.25, 0.3) is 0 Å². The minimum absolute atomic E-state index is 0.173. The van der Waals surface area contributed by atoms with Crippen molar-refractivity contribution in [3.63, 3.8) is 0 Å². The van der Waals surface area contributed by atoms with E-state index in [1.807, 2.05) is 42.5 Å². The highest BCUT2D eigenvalue weighted by Crippen LogP contribution is 2.21. The van der Waals surface area contributed by atoms with Crippen LogP contribution in [-0.2, 0) is 14.8 Å². The fourth-order valence-corrected chi connectivity index (χ4v) is 4.79. The molecule has 6 heteroatoms. The summed E-state index contributed by atoms with van der Waals surface area (Å²) in [7, 11) is -3.56. The van der Waals surface area contributed by atoms with Gasteiger partial charge in [-0.1, -0.05) is 48.5 Å². The molecule has 0 spiro atoms. The van der Waals surface area contributed by atoms with Crippen LogP contribution < -0.4 is 0 Å². The predicted molar refractivity (Wildman–Crippen MR) is 113 cm³/mol. The molecular formula is C23H21NO4S. The molecule has 0 aliphatic carbocycles. The molecule has 3 aromatic rings. The van der Waals surface area contributed by atoms with Crippen LogP contribution in [0.25, 0.3) is 16.8 Å². The van der Waals surface area contributed by atoms with Gasteiger partial charge in [-0.25, -0.2) is 8.42 Å². The Morgan fingerprint density at radius 1 is 0.897 bits per heavy atom. The molecule has 5 nitrogen and oxygen atoms in total. The molecule has 1 aliphatic rings. The van der Waals surface area contributed by atoms with E-state index in [2.05, 4.69) is 0 Å². The van der Waals surface area contributed by atoms with Gasteiger partial charge >= 0.3 is 0 Å². The highest BCUT2D eigenvalue weighted by atomic mass is 32.2. The number of hydrogen-bond donors (Lipinski definition) is 0. The number of ether oxygens (including phenoxy) is 1. The van der Waals surface area contributed by atoms with Crippen LogP contribution in [-0.4, -0.2) is 44.8 Å². The third-order valence-corrected chi connectivity index (χ3v) is 6.90. The molecule has 29 heavy (non-hydrogen) atoms. The van der Waals surface area contributed by atoms with Crippen LogP contribution >= 0.6 is 0 Å². The maximum absolute atomic E-state index is 12.7. The van der Waals surface area contributed by atoms with Gasteiger partial charge in [-0.15, -0.1) is 0 Å². The first-order chi connectivity index (χ1) is 14.1. The number of nitrogens with zero attached hydrogens (tertiary/aromatic N) is 1. The van der Waals surface area contributed by atoms with Crippen molar-refractivity contribution in [1.29, 1.82) is 0 Å². The van der Waals surface area contributed by atoms with E-state index in [9.17, 15) is 13.2 Å². The monoisotopic (exact) mass is 407 g/mol. The lowest BCUT2D eigenvalue weighted by atomic mass is 10.0. The Kier molecular flexibility index (Phi) is 5.58. The van der Waals surface area contributed by atoms with Crippen molar-refractivity contribution < 1.29 is 17.9 Å². The molecule has 1 aliphatic heterocycles. The maximum Gasteiger partial charge on any atom is 0.243 e. The van der Waals surface area contributed by atoms with Crippen molar-refractivity contribution in [1.82, 2.24) is 4.31 Å². The second-order valence-corrected chi connectivity index (χ2v) is 8.74. The Morgan fingerprint density at radius 3 is 2.34 bits per heavy atom. The molecule has 0 N–H and O–H groups in total. The first-order valence-electron chi connectivity index (χ1n) is 9.44. The fraction of sp³-hybridized carbons (Fsp3) is 0.174. The molecule has 0 atom stereocenters. The quantitative estimate of drug-likeness (QED) is 0.477. The maximum atomic E-state index is 12.7. The second-order valence-electron chi connectivity index (χ2n) is 6.81. The fourth-order valence-electron chi connectivity index (χ4n) is 3.38. The molecule has 4 rings (SSSR count). The van der Waals surface area contributed by atoms with E-state index in [1.165, 1.54) is 22.5 Å². The summed E-state index contributed by atoms with van der Waals surface area (Å²) in [5.41, 5.74) is 1.41. The van der Waals surface area contributed by atoms with Crippen molar-refractivity contribution in [2.24, 2.45) is 0 Å². The van der Waals surface area contributed by atoms with Crippen molar-refractivity contribution in [3.05, 3.63) is 83.9 Å². The number of carbonyl (C=O) groups excluding carboxylic acids is 1. The summed E-state index contributed by atoms with van der Waals surface area (Å²) in [6.07, 6.45) is 3.32. The lowest BCUT2D eigenvalue weighted by Crippen LogP contribution is -2.40. The van der Waals surface area contributed by atoms with E-state index in [0.717, 1.165) is 16.3 Å². The predicted octanol–water partition coefficient (Wildman–Crippen LogP) is 3.76. The smallest absolute Gasteiger partial charge is 0.243 e. The van der Waals surface area contributed by atoms with Crippen LogP contribution in [0.5, 0.6) is 0 Å². The SMILES string of the molecule is O=C(C=Cc1cccc2ccccc12)c1ccc(S(=O)(=O)N2CCOCC2)cc1. The normalized spacial score (nSPS) is 15.7. The Balaban J connectivity index is 1.53. The number of benzene rings is 3. The Morgan fingerprint density at radius 2 is 1.59 bits per heavy atom. The van der Waals surface area contributed by atoms with Gasteiger partial charge in [0.15, 0.2) is 5.78 Å². The van der Waals surface area contributed by atoms with E-state index in [1.54, 1.807) is 18.2 Å². The molecule has 148 valence electrons. The van der Waals surface area contributed by atoms with Crippen molar-refractivity contribution in [2.45, 2.75) is 4.90 Å². The Labute approximate surface area is 170 Å². The standard InChI is InChI=1S/C23H21NO4S/c25-23(13-10-19-6-3-5-18-4-1-2-7-22(18)19)20-8-11-21(12-9-20)29(26,27)24-14-16-28-17-15-24/h1-13H,14-17H2. The topological polar surface area (TPSA) is 63.7 Å². The molecule has 0 unspecified atom stereocenters. The zero-order valence-corrected chi connectivity index (χ0v) is 16.6. The van der Waals surface area contributed by atoms with Crippen LogP contribution in [0.4, 0.5) is 0 Å². The minimum Gasteiger partial charge on any atom is -0.379 e. The highest BCUT2D eigenvalue weighted by Gasteiger charge is 2.26. The van der Waals surface area contributed by atoms with Crippen molar-refractivity contribution in [3.8, 4) is 0 Å². The number of allylic oxidation sites excluding steroid dienone is 1. The van der Waals surface area contributed by atoms with Gasteiger partial charge in [0, 0.05) is 18.7 Å². The van der Waals surface area contributed by atoms with Gasteiger partial charge in [-0.05, 0) is 46.7 Å². The van der Waals surface area contributed by atoms with Gasteiger partial charge in [-0.3, -0.25) is 4.79 Å². The van der Waals surface area contributed by atoms with Gasteiger partial charge in [0.1, 0.15) is 0 Å². The molecule has 0 saturated carbocycles. The first kappa shape index (κ1) is 19.5. The van der Waals surface area contributed by atoms with Crippen LogP contribution in [0.3, 0.4) is 0 Å². The highest BCUT2D eigenvalue weighted by molar-refractivity contribution is 7.89. The van der Waals surface area contributed by atoms with E-state index in [-0.39, 0.29) is 10.7 Å². The number of sulfonamides is 1. The van der Waals surface area contributed by atoms with Crippen molar-refractivity contribution in [2.75, 3.05) is 26.3 Å². The van der Waals surface area contributed by atoms with E-state index >= 15 is 0 Å². The lowest BCUT2D eigenvalue weighted by molar-refractivity contribution is 0.0730. The molecule has 0 radical (unpaired) electrons. The van der Waals surface area contributed by atoms with Crippen LogP contribution in [0.2, 0.25) is 0 Å². The molecule has 0 amide bonds. The van der Waals surface area contributed by atoms with Gasteiger partial charge in [0.05, 0.1) is 18.1 Å². The third kappa shape index (κ3) is 4.15. The van der Waals surface area contributed by atoms with Crippen LogP contribution in [0, 0.1) is 0 Å². The van der Waals surface area contributed by atoms with Crippen LogP contribution in [0.15, 0.2) is 77.7 Å². The number of ketones is 1. The first-order valence-corrected chi connectivity index (χ1v) is 10.9.